The number of piperidine rings is 1. The van der Waals surface area contributed by atoms with Crippen molar-refractivity contribution in [2.75, 3.05) is 51.2 Å². The molecule has 0 unspecified atom stereocenters. The quantitative estimate of drug-likeness (QED) is 0.781. The molecule has 0 aromatic carbocycles. The van der Waals surface area contributed by atoms with E-state index in [0.717, 1.165) is 51.7 Å². The van der Waals surface area contributed by atoms with Crippen LogP contribution >= 0.6 is 0 Å². The summed E-state index contributed by atoms with van der Waals surface area (Å²) in [4.78, 5) is 6.67. The lowest BCUT2D eigenvalue weighted by molar-refractivity contribution is 0.220. The zero-order chi connectivity index (χ0) is 18.4. The third-order valence-corrected chi connectivity index (χ3v) is 5.07. The van der Waals surface area contributed by atoms with Gasteiger partial charge in [-0.15, -0.1) is 0 Å². The van der Waals surface area contributed by atoms with Gasteiger partial charge in [0.1, 0.15) is 18.0 Å². The smallest absolute Gasteiger partial charge is 0.199 e. The van der Waals surface area contributed by atoms with E-state index in [0.29, 0.717) is 5.82 Å². The standard InChI is InChI=1S/C19H26N6O/c1-23(10-11-25-9-6-22-18(25)17(13-20)14-21)19-16(5-12-26-19)15-24-7-3-2-4-8-24/h5,12,22H,2-4,6-11,15H2,1H3. The molecule has 0 atom stereocenters. The Balaban J connectivity index is 1.60. The summed E-state index contributed by atoms with van der Waals surface area (Å²) in [6.07, 6.45) is 5.65. The van der Waals surface area contributed by atoms with Crippen molar-refractivity contribution in [3.05, 3.63) is 29.3 Å². The van der Waals surface area contributed by atoms with Crippen LogP contribution in [0.4, 0.5) is 5.88 Å². The fourth-order valence-electron chi connectivity index (χ4n) is 3.65. The lowest BCUT2D eigenvalue weighted by atomic mass is 10.1. The van der Waals surface area contributed by atoms with Crippen molar-refractivity contribution >= 4 is 5.88 Å². The molecule has 0 amide bonds. The number of likely N-dealkylation sites (tertiary alicyclic amines) is 1. The Morgan fingerprint density at radius 1 is 1.23 bits per heavy atom. The Hall–Kier alpha value is -2.64. The molecule has 1 aromatic heterocycles. The highest BCUT2D eigenvalue weighted by atomic mass is 16.3. The molecule has 0 spiro atoms. The van der Waals surface area contributed by atoms with E-state index in [1.54, 1.807) is 6.26 Å². The Kier molecular flexibility index (Phi) is 6.04. The van der Waals surface area contributed by atoms with Crippen LogP contribution in [-0.4, -0.2) is 56.1 Å². The van der Waals surface area contributed by atoms with Crippen molar-refractivity contribution in [3.8, 4) is 12.1 Å². The molecule has 0 aliphatic carbocycles. The summed E-state index contributed by atoms with van der Waals surface area (Å²) in [7, 11) is 2.03. The van der Waals surface area contributed by atoms with Gasteiger partial charge in [-0.25, -0.2) is 0 Å². The van der Waals surface area contributed by atoms with Gasteiger partial charge in [0, 0.05) is 45.3 Å². The maximum absolute atomic E-state index is 9.10. The number of nitriles is 2. The number of likely N-dealkylation sites (N-methyl/N-ethyl adjacent to an activating group) is 1. The van der Waals surface area contributed by atoms with Crippen LogP contribution in [0.2, 0.25) is 0 Å². The monoisotopic (exact) mass is 354 g/mol. The molecule has 0 bridgehead atoms. The van der Waals surface area contributed by atoms with E-state index in [9.17, 15) is 0 Å². The van der Waals surface area contributed by atoms with E-state index >= 15 is 0 Å². The number of allylic oxidation sites excluding steroid dienone is 1. The Morgan fingerprint density at radius 2 is 2.00 bits per heavy atom. The first-order valence-corrected chi connectivity index (χ1v) is 9.26. The van der Waals surface area contributed by atoms with Crippen LogP contribution < -0.4 is 10.2 Å². The molecule has 7 heteroatoms. The topological polar surface area (TPSA) is 82.5 Å². The summed E-state index contributed by atoms with van der Waals surface area (Å²) < 4.78 is 5.75. The zero-order valence-electron chi connectivity index (χ0n) is 15.4. The first kappa shape index (κ1) is 18.2. The summed E-state index contributed by atoms with van der Waals surface area (Å²) in [5.41, 5.74) is 1.37. The molecule has 7 nitrogen and oxygen atoms in total. The highest BCUT2D eigenvalue weighted by Crippen LogP contribution is 2.24. The number of nitrogens with one attached hydrogen (secondary N) is 1. The van der Waals surface area contributed by atoms with Crippen LogP contribution in [0.5, 0.6) is 0 Å². The van der Waals surface area contributed by atoms with Gasteiger partial charge in [-0.1, -0.05) is 6.42 Å². The van der Waals surface area contributed by atoms with E-state index in [-0.39, 0.29) is 5.57 Å². The maximum Gasteiger partial charge on any atom is 0.199 e. The van der Waals surface area contributed by atoms with Crippen molar-refractivity contribution < 1.29 is 4.42 Å². The number of hydrogen-bond donors (Lipinski definition) is 1. The molecule has 26 heavy (non-hydrogen) atoms. The van der Waals surface area contributed by atoms with Gasteiger partial charge < -0.3 is 19.5 Å². The van der Waals surface area contributed by atoms with Crippen molar-refractivity contribution in [1.82, 2.24) is 15.1 Å². The second-order valence-electron chi connectivity index (χ2n) is 6.87. The lowest BCUT2D eigenvalue weighted by Gasteiger charge is -2.28. The Labute approximate surface area is 155 Å². The molecule has 0 saturated carbocycles. The number of rotatable bonds is 6. The summed E-state index contributed by atoms with van der Waals surface area (Å²) in [5.74, 6) is 1.56. The van der Waals surface area contributed by atoms with Gasteiger partial charge in [-0.05, 0) is 32.0 Å². The van der Waals surface area contributed by atoms with Crippen molar-refractivity contribution in [1.29, 1.82) is 10.5 Å². The van der Waals surface area contributed by atoms with Gasteiger partial charge in [0.25, 0.3) is 0 Å². The fraction of sp³-hybridized carbons (Fsp3) is 0.579. The zero-order valence-corrected chi connectivity index (χ0v) is 15.4. The molecule has 1 N–H and O–H groups in total. The van der Waals surface area contributed by atoms with Crippen molar-refractivity contribution in [2.24, 2.45) is 0 Å². The minimum atomic E-state index is 0.147. The summed E-state index contributed by atoms with van der Waals surface area (Å²) in [5, 5.41) is 21.3. The number of hydrogen-bond acceptors (Lipinski definition) is 7. The highest BCUT2D eigenvalue weighted by molar-refractivity contribution is 5.44. The van der Waals surface area contributed by atoms with Crippen molar-refractivity contribution in [2.45, 2.75) is 25.8 Å². The van der Waals surface area contributed by atoms with Crippen molar-refractivity contribution in [3.63, 3.8) is 0 Å². The van der Waals surface area contributed by atoms with E-state index in [1.165, 1.54) is 24.8 Å². The van der Waals surface area contributed by atoms with Gasteiger partial charge in [-0.3, -0.25) is 4.90 Å². The normalized spacial score (nSPS) is 17.5. The van der Waals surface area contributed by atoms with Crippen LogP contribution in [0.15, 0.2) is 28.1 Å². The fourth-order valence-corrected chi connectivity index (χ4v) is 3.65. The summed E-state index contributed by atoms with van der Waals surface area (Å²) in [6.45, 7) is 6.30. The summed E-state index contributed by atoms with van der Waals surface area (Å²) >= 11 is 0. The average molecular weight is 354 g/mol. The molecule has 2 aliphatic heterocycles. The van der Waals surface area contributed by atoms with Gasteiger partial charge in [-0.2, -0.15) is 10.5 Å². The first-order valence-electron chi connectivity index (χ1n) is 9.26. The molecule has 0 radical (unpaired) electrons. The Morgan fingerprint density at radius 3 is 2.73 bits per heavy atom. The predicted molar refractivity (Wildman–Crippen MR) is 98.9 cm³/mol. The second kappa shape index (κ2) is 8.64. The number of anilines is 1. The van der Waals surface area contributed by atoms with E-state index in [1.807, 2.05) is 19.2 Å². The van der Waals surface area contributed by atoms with Gasteiger partial charge >= 0.3 is 0 Å². The average Bonchev–Trinajstić information content (AvgIpc) is 3.31. The molecular formula is C19H26N6O. The van der Waals surface area contributed by atoms with Gasteiger partial charge in [0.2, 0.25) is 0 Å². The van der Waals surface area contributed by atoms with Gasteiger partial charge in [0.05, 0.1) is 6.26 Å². The predicted octanol–water partition coefficient (Wildman–Crippen LogP) is 1.87. The first-order chi connectivity index (χ1) is 12.7. The maximum atomic E-state index is 9.10. The molecule has 2 aliphatic rings. The lowest BCUT2D eigenvalue weighted by Crippen LogP contribution is -2.33. The Bertz CT molecular complexity index is 703. The van der Waals surface area contributed by atoms with Crippen LogP contribution in [0.25, 0.3) is 0 Å². The third-order valence-electron chi connectivity index (χ3n) is 5.07. The molecule has 3 rings (SSSR count). The van der Waals surface area contributed by atoms with E-state index in [2.05, 4.69) is 26.1 Å². The van der Waals surface area contributed by atoms with Gasteiger partial charge in [0.15, 0.2) is 11.5 Å². The molecule has 138 valence electrons. The van der Waals surface area contributed by atoms with E-state index < -0.39 is 0 Å². The second-order valence-corrected chi connectivity index (χ2v) is 6.87. The minimum absolute atomic E-state index is 0.147. The molecule has 1 aromatic rings. The molecular weight excluding hydrogens is 328 g/mol. The van der Waals surface area contributed by atoms with E-state index in [4.69, 9.17) is 14.9 Å². The molecule has 2 fully saturated rings. The molecule has 2 saturated heterocycles. The van der Waals surface area contributed by atoms with Crippen LogP contribution in [0.3, 0.4) is 0 Å². The van der Waals surface area contributed by atoms with Crippen LogP contribution in [0, 0.1) is 22.7 Å². The largest absolute Gasteiger partial charge is 0.448 e. The van der Waals surface area contributed by atoms with Crippen LogP contribution in [-0.2, 0) is 6.54 Å². The minimum Gasteiger partial charge on any atom is -0.448 e. The third kappa shape index (κ3) is 4.12. The number of furan rings is 1. The highest BCUT2D eigenvalue weighted by Gasteiger charge is 2.22. The molecule has 3 heterocycles. The summed E-state index contributed by atoms with van der Waals surface area (Å²) in [6, 6.07) is 6.00. The number of nitrogens with zero attached hydrogens (tertiary/aromatic N) is 5. The SMILES string of the molecule is CN(CCN1CCNC1=C(C#N)C#N)c1occc1CN1CCCCC1. The van der Waals surface area contributed by atoms with Crippen LogP contribution in [0.1, 0.15) is 24.8 Å².